The molecular formula is C8H14N2O5. The van der Waals surface area contributed by atoms with Gasteiger partial charge >= 0.3 is 12.2 Å². The molecule has 7 nitrogen and oxygen atoms in total. The van der Waals surface area contributed by atoms with Gasteiger partial charge in [0.25, 0.3) is 0 Å². The summed E-state index contributed by atoms with van der Waals surface area (Å²) < 4.78 is 9.98. The Kier molecular flexibility index (Phi) is 3.73. The van der Waals surface area contributed by atoms with Crippen LogP contribution in [0.3, 0.4) is 0 Å². The molecule has 0 aromatic heterocycles. The minimum Gasteiger partial charge on any atom is -0.465 e. The molecule has 0 radical (unpaired) electrons. The maximum atomic E-state index is 11.2. The third kappa shape index (κ3) is 2.98. The first-order valence-corrected chi connectivity index (χ1v) is 4.47. The third-order valence-electron chi connectivity index (χ3n) is 1.93. The zero-order valence-electron chi connectivity index (χ0n) is 8.67. The molecule has 1 aliphatic rings. The molecule has 1 fully saturated rings. The number of rotatable bonds is 1. The fourth-order valence-corrected chi connectivity index (χ4v) is 1.12. The lowest BCUT2D eigenvalue weighted by molar-refractivity contribution is -0.0995. The summed E-state index contributed by atoms with van der Waals surface area (Å²) in [4.78, 5) is 24.3. The van der Waals surface area contributed by atoms with Gasteiger partial charge in [-0.05, 0) is 0 Å². The first-order chi connectivity index (χ1) is 7.02. The lowest BCUT2D eigenvalue weighted by atomic mass is 10.4. The molecule has 15 heavy (non-hydrogen) atoms. The summed E-state index contributed by atoms with van der Waals surface area (Å²) in [6.07, 6.45) is -2.56. The van der Waals surface area contributed by atoms with Gasteiger partial charge in [-0.1, -0.05) is 0 Å². The summed E-state index contributed by atoms with van der Waals surface area (Å²) in [6, 6.07) is 0. The van der Waals surface area contributed by atoms with Crippen molar-refractivity contribution in [3.05, 3.63) is 0 Å². The standard InChI is InChI=1S/C8H14N2O5/c1-9(2)8(13)15-6-5-14-4-3-10(6)7(11)12/h6H,3-5H2,1-2H3,(H,11,12). The number of nitrogens with zero attached hydrogens (tertiary/aromatic N) is 2. The van der Waals surface area contributed by atoms with Gasteiger partial charge in [-0.15, -0.1) is 0 Å². The van der Waals surface area contributed by atoms with Crippen LogP contribution in [0.15, 0.2) is 0 Å². The van der Waals surface area contributed by atoms with E-state index < -0.39 is 18.4 Å². The SMILES string of the molecule is CN(C)C(=O)OC1COCCN1C(=O)O. The highest BCUT2D eigenvalue weighted by atomic mass is 16.6. The Hall–Kier alpha value is -1.50. The second kappa shape index (κ2) is 4.83. The maximum Gasteiger partial charge on any atom is 0.411 e. The lowest BCUT2D eigenvalue weighted by Gasteiger charge is -2.33. The number of amides is 2. The van der Waals surface area contributed by atoms with Gasteiger partial charge < -0.3 is 19.5 Å². The molecule has 0 bridgehead atoms. The normalized spacial score (nSPS) is 20.9. The Balaban J connectivity index is 2.57. The van der Waals surface area contributed by atoms with E-state index >= 15 is 0 Å². The van der Waals surface area contributed by atoms with Crippen molar-refractivity contribution in [1.82, 2.24) is 9.80 Å². The number of carbonyl (C=O) groups excluding carboxylic acids is 1. The number of hydrogen-bond acceptors (Lipinski definition) is 4. The van der Waals surface area contributed by atoms with Crippen molar-refractivity contribution < 1.29 is 24.2 Å². The molecule has 86 valence electrons. The van der Waals surface area contributed by atoms with Gasteiger partial charge in [0.15, 0.2) is 0 Å². The van der Waals surface area contributed by atoms with Crippen LogP contribution < -0.4 is 0 Å². The van der Waals surface area contributed by atoms with Crippen molar-refractivity contribution >= 4 is 12.2 Å². The van der Waals surface area contributed by atoms with Gasteiger partial charge in [-0.3, -0.25) is 4.90 Å². The number of morpholine rings is 1. The average Bonchev–Trinajstić information content (AvgIpc) is 2.18. The first kappa shape index (κ1) is 11.6. The molecule has 0 spiro atoms. The van der Waals surface area contributed by atoms with Gasteiger partial charge in [0, 0.05) is 14.1 Å². The summed E-state index contributed by atoms with van der Waals surface area (Å²) >= 11 is 0. The molecule has 0 aromatic carbocycles. The second-order valence-corrected chi connectivity index (χ2v) is 3.28. The molecule has 1 saturated heterocycles. The van der Waals surface area contributed by atoms with E-state index in [-0.39, 0.29) is 13.2 Å². The van der Waals surface area contributed by atoms with Crippen molar-refractivity contribution in [1.29, 1.82) is 0 Å². The Morgan fingerprint density at radius 3 is 2.73 bits per heavy atom. The molecule has 1 heterocycles. The summed E-state index contributed by atoms with van der Waals surface area (Å²) in [5.41, 5.74) is 0. The molecule has 0 aromatic rings. The highest BCUT2D eigenvalue weighted by Gasteiger charge is 2.30. The highest BCUT2D eigenvalue weighted by Crippen LogP contribution is 2.09. The molecule has 1 atom stereocenters. The summed E-state index contributed by atoms with van der Waals surface area (Å²) in [5.74, 6) is 0. The largest absolute Gasteiger partial charge is 0.465 e. The number of hydrogen-bond donors (Lipinski definition) is 1. The van der Waals surface area contributed by atoms with Crippen LogP contribution in [0.1, 0.15) is 0 Å². The smallest absolute Gasteiger partial charge is 0.411 e. The zero-order chi connectivity index (χ0) is 11.4. The van der Waals surface area contributed by atoms with E-state index in [4.69, 9.17) is 14.6 Å². The van der Waals surface area contributed by atoms with Crippen molar-refractivity contribution in [3.8, 4) is 0 Å². The number of carbonyl (C=O) groups is 2. The van der Waals surface area contributed by atoms with E-state index in [9.17, 15) is 9.59 Å². The van der Waals surface area contributed by atoms with Crippen molar-refractivity contribution in [3.63, 3.8) is 0 Å². The van der Waals surface area contributed by atoms with Gasteiger partial charge in [0.05, 0.1) is 13.2 Å². The Labute approximate surface area is 87.2 Å². The number of carboxylic acid groups (broad SMARTS) is 1. The fraction of sp³-hybridized carbons (Fsp3) is 0.750. The molecule has 1 N–H and O–H groups in total. The summed E-state index contributed by atoms with van der Waals surface area (Å²) in [6.45, 7) is 0.606. The highest BCUT2D eigenvalue weighted by molar-refractivity contribution is 5.69. The van der Waals surface area contributed by atoms with Crippen LogP contribution in [0.2, 0.25) is 0 Å². The maximum absolute atomic E-state index is 11.2. The van der Waals surface area contributed by atoms with Crippen LogP contribution in [0.5, 0.6) is 0 Å². The van der Waals surface area contributed by atoms with E-state index in [1.807, 2.05) is 0 Å². The minimum absolute atomic E-state index is 0.0753. The van der Waals surface area contributed by atoms with Crippen molar-refractivity contribution in [2.24, 2.45) is 0 Å². The summed E-state index contributed by atoms with van der Waals surface area (Å²) in [5, 5.41) is 8.83. The predicted octanol–water partition coefficient (Wildman–Crippen LogP) is 0.0209. The molecular weight excluding hydrogens is 204 g/mol. The van der Waals surface area contributed by atoms with Gasteiger partial charge in [-0.25, -0.2) is 9.59 Å². The molecule has 1 rings (SSSR count). The monoisotopic (exact) mass is 218 g/mol. The predicted molar refractivity (Wildman–Crippen MR) is 49.5 cm³/mol. The zero-order valence-corrected chi connectivity index (χ0v) is 8.67. The quantitative estimate of drug-likeness (QED) is 0.671. The van der Waals surface area contributed by atoms with Crippen LogP contribution in [0.25, 0.3) is 0 Å². The molecule has 2 amide bonds. The van der Waals surface area contributed by atoms with Crippen LogP contribution in [-0.4, -0.2) is 67.2 Å². The van der Waals surface area contributed by atoms with E-state index in [2.05, 4.69) is 0 Å². The topological polar surface area (TPSA) is 79.3 Å². The first-order valence-electron chi connectivity index (χ1n) is 4.47. The van der Waals surface area contributed by atoms with Crippen molar-refractivity contribution in [2.45, 2.75) is 6.23 Å². The Morgan fingerprint density at radius 2 is 2.20 bits per heavy atom. The molecule has 7 heteroatoms. The van der Waals surface area contributed by atoms with Crippen LogP contribution >= 0.6 is 0 Å². The Bertz CT molecular complexity index is 255. The van der Waals surface area contributed by atoms with E-state index in [0.29, 0.717) is 6.61 Å². The molecule has 1 aliphatic heterocycles. The van der Waals surface area contributed by atoms with E-state index in [1.165, 1.54) is 19.0 Å². The van der Waals surface area contributed by atoms with Crippen LogP contribution in [0.4, 0.5) is 9.59 Å². The van der Waals surface area contributed by atoms with Gasteiger partial charge in [-0.2, -0.15) is 0 Å². The minimum atomic E-state index is -1.12. The van der Waals surface area contributed by atoms with Crippen LogP contribution in [0, 0.1) is 0 Å². The fourth-order valence-electron chi connectivity index (χ4n) is 1.12. The number of ether oxygens (including phenoxy) is 2. The van der Waals surface area contributed by atoms with Crippen molar-refractivity contribution in [2.75, 3.05) is 33.9 Å². The Morgan fingerprint density at radius 1 is 1.53 bits per heavy atom. The lowest BCUT2D eigenvalue weighted by Crippen LogP contribution is -2.51. The molecule has 0 saturated carbocycles. The van der Waals surface area contributed by atoms with E-state index in [0.717, 1.165) is 4.90 Å². The van der Waals surface area contributed by atoms with Crippen LogP contribution in [-0.2, 0) is 9.47 Å². The second-order valence-electron chi connectivity index (χ2n) is 3.28. The van der Waals surface area contributed by atoms with Gasteiger partial charge in [0.1, 0.15) is 6.61 Å². The molecule has 1 unspecified atom stereocenters. The average molecular weight is 218 g/mol. The van der Waals surface area contributed by atoms with Gasteiger partial charge in [0.2, 0.25) is 6.23 Å². The third-order valence-corrected chi connectivity index (χ3v) is 1.93. The van der Waals surface area contributed by atoms with E-state index in [1.54, 1.807) is 0 Å². The molecule has 0 aliphatic carbocycles. The summed E-state index contributed by atoms with van der Waals surface area (Å²) in [7, 11) is 3.05.